The van der Waals surface area contributed by atoms with Crippen LogP contribution in [0.25, 0.3) is 0 Å². The van der Waals surface area contributed by atoms with Gasteiger partial charge in [0.15, 0.2) is 0 Å². The predicted octanol–water partition coefficient (Wildman–Crippen LogP) is 0.187. The lowest BCUT2D eigenvalue weighted by molar-refractivity contribution is 0.0707. The molecule has 1 aliphatic rings. The summed E-state index contributed by atoms with van der Waals surface area (Å²) in [6, 6.07) is 2.69. The number of ether oxygens (including phenoxy) is 2. The normalized spacial score (nSPS) is 19.4. The van der Waals surface area contributed by atoms with E-state index < -0.39 is 0 Å². The van der Waals surface area contributed by atoms with Gasteiger partial charge in [0, 0.05) is 19.8 Å². The number of methoxy groups -OCH3 is 1. The Balaban J connectivity index is 2.02. The molecule has 2 rings (SSSR count). The van der Waals surface area contributed by atoms with Crippen LogP contribution in [0.3, 0.4) is 0 Å². The van der Waals surface area contributed by atoms with Crippen LogP contribution in [0.5, 0.6) is 0 Å². The maximum absolute atomic E-state index is 12.2. The van der Waals surface area contributed by atoms with Crippen LogP contribution in [-0.4, -0.2) is 48.2 Å². The standard InChI is InChI=1S/C14H21N3O4/c1-10(12-4-3-8-21-12)15-14(19)11-5-6-13(18)17(16-11)7-9-20-2/h5-6,10,12H,3-4,7-9H2,1-2H3,(H,15,19)/t10-,12+/m0/s1. The van der Waals surface area contributed by atoms with Gasteiger partial charge in [0.1, 0.15) is 5.69 Å². The zero-order chi connectivity index (χ0) is 15.2. The van der Waals surface area contributed by atoms with E-state index in [0.717, 1.165) is 19.4 Å². The fourth-order valence-corrected chi connectivity index (χ4v) is 2.28. The average Bonchev–Trinajstić information content (AvgIpc) is 3.00. The molecular weight excluding hydrogens is 274 g/mol. The summed E-state index contributed by atoms with van der Waals surface area (Å²) in [6.07, 6.45) is 2.01. The molecule has 116 valence electrons. The topological polar surface area (TPSA) is 82.5 Å². The molecular formula is C14H21N3O4. The zero-order valence-electron chi connectivity index (χ0n) is 12.4. The van der Waals surface area contributed by atoms with Gasteiger partial charge in [0.25, 0.3) is 11.5 Å². The molecule has 2 atom stereocenters. The molecule has 2 heterocycles. The Morgan fingerprint density at radius 2 is 2.43 bits per heavy atom. The smallest absolute Gasteiger partial charge is 0.272 e. The summed E-state index contributed by atoms with van der Waals surface area (Å²) in [5, 5.41) is 6.93. The van der Waals surface area contributed by atoms with Crippen molar-refractivity contribution >= 4 is 5.91 Å². The molecule has 21 heavy (non-hydrogen) atoms. The van der Waals surface area contributed by atoms with Crippen molar-refractivity contribution in [2.75, 3.05) is 20.3 Å². The molecule has 7 nitrogen and oxygen atoms in total. The zero-order valence-corrected chi connectivity index (χ0v) is 12.4. The molecule has 7 heteroatoms. The molecule has 0 unspecified atom stereocenters. The Morgan fingerprint density at radius 1 is 1.62 bits per heavy atom. The average molecular weight is 295 g/mol. The van der Waals surface area contributed by atoms with E-state index >= 15 is 0 Å². The highest BCUT2D eigenvalue weighted by atomic mass is 16.5. The summed E-state index contributed by atoms with van der Waals surface area (Å²) >= 11 is 0. The van der Waals surface area contributed by atoms with Crippen molar-refractivity contribution in [1.29, 1.82) is 0 Å². The second-order valence-corrected chi connectivity index (χ2v) is 5.09. The van der Waals surface area contributed by atoms with Gasteiger partial charge in [0.2, 0.25) is 0 Å². The highest BCUT2D eigenvalue weighted by Crippen LogP contribution is 2.15. The van der Waals surface area contributed by atoms with Crippen LogP contribution in [0.2, 0.25) is 0 Å². The van der Waals surface area contributed by atoms with Crippen LogP contribution in [-0.2, 0) is 16.0 Å². The highest BCUT2D eigenvalue weighted by molar-refractivity contribution is 5.92. The van der Waals surface area contributed by atoms with Gasteiger partial charge in [0.05, 0.1) is 25.3 Å². The number of carbonyl (C=O) groups excluding carboxylic acids is 1. The molecule has 0 saturated carbocycles. The van der Waals surface area contributed by atoms with Crippen molar-refractivity contribution < 1.29 is 14.3 Å². The number of hydrogen-bond donors (Lipinski definition) is 1. The second-order valence-electron chi connectivity index (χ2n) is 5.09. The molecule has 0 radical (unpaired) electrons. The molecule has 1 fully saturated rings. The van der Waals surface area contributed by atoms with Crippen LogP contribution in [0, 0.1) is 0 Å². The fourth-order valence-electron chi connectivity index (χ4n) is 2.28. The third-order valence-electron chi connectivity index (χ3n) is 3.49. The van der Waals surface area contributed by atoms with E-state index in [1.54, 1.807) is 7.11 Å². The first-order valence-electron chi connectivity index (χ1n) is 7.11. The number of nitrogens with zero attached hydrogens (tertiary/aromatic N) is 2. The van der Waals surface area contributed by atoms with Gasteiger partial charge in [-0.05, 0) is 25.8 Å². The van der Waals surface area contributed by atoms with Crippen LogP contribution in [0.15, 0.2) is 16.9 Å². The lowest BCUT2D eigenvalue weighted by atomic mass is 10.1. The number of nitrogens with one attached hydrogen (secondary N) is 1. The van der Waals surface area contributed by atoms with Gasteiger partial charge in [-0.15, -0.1) is 0 Å². The molecule has 1 aromatic rings. The molecule has 1 aromatic heterocycles. The van der Waals surface area contributed by atoms with Gasteiger partial charge >= 0.3 is 0 Å². The molecule has 0 bridgehead atoms. The van der Waals surface area contributed by atoms with Crippen molar-refractivity contribution in [3.8, 4) is 0 Å². The van der Waals surface area contributed by atoms with E-state index in [1.807, 2.05) is 6.92 Å². The van der Waals surface area contributed by atoms with E-state index in [1.165, 1.54) is 16.8 Å². The fraction of sp³-hybridized carbons (Fsp3) is 0.643. The van der Waals surface area contributed by atoms with Gasteiger partial charge < -0.3 is 14.8 Å². The Morgan fingerprint density at radius 3 is 3.10 bits per heavy atom. The number of carbonyl (C=O) groups is 1. The number of hydrogen-bond acceptors (Lipinski definition) is 5. The largest absolute Gasteiger partial charge is 0.383 e. The van der Waals surface area contributed by atoms with E-state index in [-0.39, 0.29) is 29.3 Å². The highest BCUT2D eigenvalue weighted by Gasteiger charge is 2.24. The van der Waals surface area contributed by atoms with Crippen molar-refractivity contribution in [3.05, 3.63) is 28.2 Å². The maximum Gasteiger partial charge on any atom is 0.272 e. The Bertz CT molecular complexity index is 537. The molecule has 0 spiro atoms. The van der Waals surface area contributed by atoms with Crippen LogP contribution >= 0.6 is 0 Å². The van der Waals surface area contributed by atoms with Crippen LogP contribution in [0.1, 0.15) is 30.3 Å². The number of rotatable bonds is 6. The van der Waals surface area contributed by atoms with E-state index in [9.17, 15) is 9.59 Å². The first-order valence-corrected chi connectivity index (χ1v) is 7.11. The van der Waals surface area contributed by atoms with Crippen molar-refractivity contribution in [3.63, 3.8) is 0 Å². The summed E-state index contributed by atoms with van der Waals surface area (Å²) in [5.74, 6) is -0.302. The molecule has 0 aliphatic carbocycles. The van der Waals surface area contributed by atoms with E-state index in [0.29, 0.717) is 13.2 Å². The van der Waals surface area contributed by atoms with Crippen LogP contribution in [0.4, 0.5) is 0 Å². The minimum Gasteiger partial charge on any atom is -0.383 e. The molecule has 1 aliphatic heterocycles. The third kappa shape index (κ3) is 4.12. The lowest BCUT2D eigenvalue weighted by Crippen LogP contribution is -2.41. The second kappa shape index (κ2) is 7.33. The Hall–Kier alpha value is -1.73. The van der Waals surface area contributed by atoms with Crippen molar-refractivity contribution in [1.82, 2.24) is 15.1 Å². The summed E-state index contributed by atoms with van der Waals surface area (Å²) in [7, 11) is 1.55. The quantitative estimate of drug-likeness (QED) is 0.810. The molecule has 1 saturated heterocycles. The van der Waals surface area contributed by atoms with Gasteiger partial charge in [-0.2, -0.15) is 5.10 Å². The summed E-state index contributed by atoms with van der Waals surface area (Å²) < 4.78 is 11.7. The summed E-state index contributed by atoms with van der Waals surface area (Å²) in [5.41, 5.74) is -0.0358. The summed E-state index contributed by atoms with van der Waals surface area (Å²) in [6.45, 7) is 3.34. The van der Waals surface area contributed by atoms with E-state index in [4.69, 9.17) is 9.47 Å². The third-order valence-corrected chi connectivity index (χ3v) is 3.49. The molecule has 1 amide bonds. The minimum absolute atomic E-state index is 0.0494. The van der Waals surface area contributed by atoms with Gasteiger partial charge in [-0.3, -0.25) is 9.59 Å². The minimum atomic E-state index is -0.302. The lowest BCUT2D eigenvalue weighted by Gasteiger charge is -2.19. The van der Waals surface area contributed by atoms with Crippen molar-refractivity contribution in [2.45, 2.75) is 38.5 Å². The van der Waals surface area contributed by atoms with Gasteiger partial charge in [-0.25, -0.2) is 4.68 Å². The SMILES string of the molecule is COCCn1nc(C(=O)N[C@@H](C)[C@H]2CCCO2)ccc1=O. The number of amides is 1. The molecule has 0 aromatic carbocycles. The summed E-state index contributed by atoms with van der Waals surface area (Å²) in [4.78, 5) is 23.8. The Labute approximate surface area is 123 Å². The monoisotopic (exact) mass is 295 g/mol. The number of aromatic nitrogens is 2. The first-order chi connectivity index (χ1) is 10.1. The van der Waals surface area contributed by atoms with E-state index in [2.05, 4.69) is 10.4 Å². The van der Waals surface area contributed by atoms with Gasteiger partial charge in [-0.1, -0.05) is 0 Å². The van der Waals surface area contributed by atoms with Crippen LogP contribution < -0.4 is 10.9 Å². The molecule has 1 N–H and O–H groups in total. The predicted molar refractivity (Wildman–Crippen MR) is 76.3 cm³/mol. The Kier molecular flexibility index (Phi) is 5.46. The van der Waals surface area contributed by atoms with Crippen molar-refractivity contribution in [2.24, 2.45) is 0 Å². The maximum atomic E-state index is 12.2. The first kappa shape index (κ1) is 15.7.